The number of aromatic nitrogens is 2. The number of carbonyl (C=O) groups is 1. The number of aliphatic carboxylic acids is 1. The molecule has 2 aromatic carbocycles. The molecule has 0 amide bonds. The molecule has 1 heterocycles. The van der Waals surface area contributed by atoms with Crippen LogP contribution in [0.25, 0.3) is 11.3 Å². The SMILES string of the molecule is C/C(=C\C(=O)O)c1cc(C2CCCCC2)n(-c2ccc(OCc3ccccc3)cc2)n1. The third-order valence-corrected chi connectivity index (χ3v) is 5.83. The predicted molar refractivity (Wildman–Crippen MR) is 121 cm³/mol. The summed E-state index contributed by atoms with van der Waals surface area (Å²) in [4.78, 5) is 11.1. The molecule has 0 spiro atoms. The Labute approximate surface area is 183 Å². The van der Waals surface area contributed by atoms with Crippen LogP contribution in [0.15, 0.2) is 66.7 Å². The maximum absolute atomic E-state index is 11.1. The maximum atomic E-state index is 11.1. The van der Waals surface area contributed by atoms with E-state index in [0.29, 0.717) is 23.8 Å². The molecule has 1 N–H and O–H groups in total. The van der Waals surface area contributed by atoms with E-state index in [1.165, 1.54) is 25.3 Å². The Kier molecular flexibility index (Phi) is 6.51. The maximum Gasteiger partial charge on any atom is 0.328 e. The molecule has 0 unspecified atom stereocenters. The highest BCUT2D eigenvalue weighted by molar-refractivity contribution is 5.88. The highest BCUT2D eigenvalue weighted by atomic mass is 16.5. The van der Waals surface area contributed by atoms with Gasteiger partial charge in [-0.1, -0.05) is 49.6 Å². The zero-order valence-corrected chi connectivity index (χ0v) is 17.8. The summed E-state index contributed by atoms with van der Waals surface area (Å²) >= 11 is 0. The van der Waals surface area contributed by atoms with Crippen molar-refractivity contribution in [3.8, 4) is 11.4 Å². The fourth-order valence-corrected chi connectivity index (χ4v) is 4.17. The van der Waals surface area contributed by atoms with Crippen LogP contribution in [0.4, 0.5) is 0 Å². The molecule has 1 aliphatic rings. The van der Waals surface area contributed by atoms with Gasteiger partial charge in [0.05, 0.1) is 11.4 Å². The Bertz CT molecular complexity index is 1050. The molecule has 1 aliphatic carbocycles. The highest BCUT2D eigenvalue weighted by Gasteiger charge is 2.22. The van der Waals surface area contributed by atoms with Gasteiger partial charge in [-0.25, -0.2) is 9.48 Å². The Balaban J connectivity index is 1.59. The molecule has 0 radical (unpaired) electrons. The van der Waals surface area contributed by atoms with Gasteiger partial charge in [-0.15, -0.1) is 0 Å². The molecular weight excluding hydrogens is 388 g/mol. The van der Waals surface area contributed by atoms with E-state index < -0.39 is 5.97 Å². The molecule has 5 heteroatoms. The summed E-state index contributed by atoms with van der Waals surface area (Å²) in [6.07, 6.45) is 7.24. The van der Waals surface area contributed by atoms with E-state index in [9.17, 15) is 4.79 Å². The molecule has 160 valence electrons. The number of rotatable bonds is 7. The Morgan fingerprint density at radius 1 is 1.10 bits per heavy atom. The van der Waals surface area contributed by atoms with E-state index in [0.717, 1.165) is 35.5 Å². The molecule has 4 rings (SSSR count). The number of carboxylic acids is 1. The number of hydrogen-bond acceptors (Lipinski definition) is 3. The summed E-state index contributed by atoms with van der Waals surface area (Å²) in [5.41, 5.74) is 4.62. The first-order chi connectivity index (χ1) is 15.1. The van der Waals surface area contributed by atoms with E-state index >= 15 is 0 Å². The summed E-state index contributed by atoms with van der Waals surface area (Å²) in [6.45, 7) is 2.32. The van der Waals surface area contributed by atoms with Crippen molar-refractivity contribution in [3.05, 3.63) is 83.7 Å². The van der Waals surface area contributed by atoms with E-state index in [1.807, 2.05) is 59.3 Å². The largest absolute Gasteiger partial charge is 0.489 e. The number of hydrogen-bond donors (Lipinski definition) is 1. The van der Waals surface area contributed by atoms with E-state index in [-0.39, 0.29) is 0 Å². The molecule has 5 nitrogen and oxygen atoms in total. The van der Waals surface area contributed by atoms with Crippen molar-refractivity contribution in [2.45, 2.75) is 51.6 Å². The van der Waals surface area contributed by atoms with Gasteiger partial charge >= 0.3 is 5.97 Å². The third kappa shape index (κ3) is 5.23. The van der Waals surface area contributed by atoms with Crippen molar-refractivity contribution < 1.29 is 14.6 Å². The van der Waals surface area contributed by atoms with Crippen LogP contribution in [0.1, 0.15) is 61.9 Å². The predicted octanol–water partition coefficient (Wildman–Crippen LogP) is 5.99. The van der Waals surface area contributed by atoms with Crippen LogP contribution in [0.3, 0.4) is 0 Å². The smallest absolute Gasteiger partial charge is 0.328 e. The van der Waals surface area contributed by atoms with Crippen LogP contribution in [0.2, 0.25) is 0 Å². The van der Waals surface area contributed by atoms with Gasteiger partial charge in [-0.2, -0.15) is 5.10 Å². The van der Waals surface area contributed by atoms with Crippen LogP contribution in [-0.4, -0.2) is 20.9 Å². The molecule has 0 aliphatic heterocycles. The lowest BCUT2D eigenvalue weighted by Gasteiger charge is -2.22. The van der Waals surface area contributed by atoms with E-state index in [2.05, 4.69) is 6.07 Å². The van der Waals surface area contributed by atoms with Crippen molar-refractivity contribution in [1.29, 1.82) is 0 Å². The monoisotopic (exact) mass is 416 g/mol. The van der Waals surface area contributed by atoms with Gasteiger partial charge in [-0.05, 0) is 61.2 Å². The number of nitrogens with zero attached hydrogens (tertiary/aromatic N) is 2. The minimum absolute atomic E-state index is 0.446. The van der Waals surface area contributed by atoms with E-state index in [1.54, 1.807) is 6.92 Å². The topological polar surface area (TPSA) is 64.3 Å². The lowest BCUT2D eigenvalue weighted by atomic mass is 9.86. The van der Waals surface area contributed by atoms with Gasteiger partial charge in [-0.3, -0.25) is 0 Å². The lowest BCUT2D eigenvalue weighted by Crippen LogP contribution is -2.11. The van der Waals surface area contributed by atoms with Gasteiger partial charge in [0.1, 0.15) is 12.4 Å². The van der Waals surface area contributed by atoms with Crippen molar-refractivity contribution in [2.24, 2.45) is 0 Å². The quantitative estimate of drug-likeness (QED) is 0.481. The minimum Gasteiger partial charge on any atom is -0.489 e. The standard InChI is InChI=1S/C26H28N2O3/c1-19(16-26(29)30)24-17-25(21-10-6-3-7-11-21)28(27-24)22-12-14-23(15-13-22)31-18-20-8-4-2-5-9-20/h2,4-5,8-9,12-17,21H,3,6-7,10-11,18H2,1H3,(H,29,30)/b19-16+. The highest BCUT2D eigenvalue weighted by Crippen LogP contribution is 2.35. The second-order valence-electron chi connectivity index (χ2n) is 8.13. The number of allylic oxidation sites excluding steroid dienone is 1. The summed E-state index contributed by atoms with van der Waals surface area (Å²) in [5, 5.41) is 13.9. The van der Waals surface area contributed by atoms with Gasteiger partial charge in [0, 0.05) is 17.7 Å². The molecule has 3 aromatic rings. The fraction of sp³-hybridized carbons (Fsp3) is 0.308. The summed E-state index contributed by atoms with van der Waals surface area (Å²) in [7, 11) is 0. The number of carboxylic acid groups (broad SMARTS) is 1. The average molecular weight is 417 g/mol. The molecule has 1 fully saturated rings. The van der Waals surface area contributed by atoms with Crippen molar-refractivity contribution in [1.82, 2.24) is 9.78 Å². The molecule has 1 aromatic heterocycles. The minimum atomic E-state index is -0.953. The van der Waals surface area contributed by atoms with Crippen LogP contribution in [0, 0.1) is 0 Å². The molecule has 31 heavy (non-hydrogen) atoms. The van der Waals surface area contributed by atoms with Crippen molar-refractivity contribution >= 4 is 11.5 Å². The van der Waals surface area contributed by atoms with Crippen LogP contribution in [0.5, 0.6) is 5.75 Å². The summed E-state index contributed by atoms with van der Waals surface area (Å²) in [5.74, 6) is 0.300. The second kappa shape index (κ2) is 9.65. The number of benzene rings is 2. The molecule has 0 atom stereocenters. The first kappa shape index (κ1) is 20.9. The van der Waals surface area contributed by atoms with Crippen LogP contribution in [-0.2, 0) is 11.4 Å². The fourth-order valence-electron chi connectivity index (χ4n) is 4.17. The van der Waals surface area contributed by atoms with Crippen LogP contribution >= 0.6 is 0 Å². The first-order valence-corrected chi connectivity index (χ1v) is 10.9. The molecular formula is C26H28N2O3. The molecule has 0 saturated heterocycles. The zero-order chi connectivity index (χ0) is 21.6. The Morgan fingerprint density at radius 3 is 2.48 bits per heavy atom. The van der Waals surface area contributed by atoms with Gasteiger partial charge in [0.15, 0.2) is 0 Å². The second-order valence-corrected chi connectivity index (χ2v) is 8.13. The average Bonchev–Trinajstić information content (AvgIpc) is 3.25. The summed E-state index contributed by atoms with van der Waals surface area (Å²) < 4.78 is 7.89. The van der Waals surface area contributed by atoms with Gasteiger partial charge in [0.2, 0.25) is 0 Å². The van der Waals surface area contributed by atoms with E-state index in [4.69, 9.17) is 14.9 Å². The number of ether oxygens (including phenoxy) is 1. The molecule has 0 bridgehead atoms. The molecule has 1 saturated carbocycles. The van der Waals surface area contributed by atoms with Gasteiger partial charge in [0.25, 0.3) is 0 Å². The van der Waals surface area contributed by atoms with Gasteiger partial charge < -0.3 is 9.84 Å². The zero-order valence-electron chi connectivity index (χ0n) is 17.8. The third-order valence-electron chi connectivity index (χ3n) is 5.83. The first-order valence-electron chi connectivity index (χ1n) is 10.9. The lowest BCUT2D eigenvalue weighted by molar-refractivity contribution is -0.131. The summed E-state index contributed by atoms with van der Waals surface area (Å²) in [6, 6.07) is 20.1. The van der Waals surface area contributed by atoms with Crippen molar-refractivity contribution in [2.75, 3.05) is 0 Å². The van der Waals surface area contributed by atoms with Crippen molar-refractivity contribution in [3.63, 3.8) is 0 Å². The Hall–Kier alpha value is -3.34. The normalized spacial score (nSPS) is 15.1. The van der Waals surface area contributed by atoms with Crippen LogP contribution < -0.4 is 4.74 Å². The Morgan fingerprint density at radius 2 is 1.81 bits per heavy atom.